The number of amides is 2. The number of hydrogen-bond donors (Lipinski definition) is 3. The maximum absolute atomic E-state index is 12.0. The number of carbonyl (C=O) groups is 3. The molecule has 7 nitrogen and oxygen atoms in total. The number of carbonyl (C=O) groups excluding carboxylic acids is 2. The van der Waals surface area contributed by atoms with Crippen LogP contribution in [0.1, 0.15) is 12.8 Å². The summed E-state index contributed by atoms with van der Waals surface area (Å²) in [4.78, 5) is 35.4. The Balaban J connectivity index is 2.82. The molecule has 0 bridgehead atoms. The molecule has 2 amide bonds. The molecule has 7 heteroatoms. The molecule has 1 aliphatic heterocycles. The molecule has 18 heavy (non-hydrogen) atoms. The van der Waals surface area contributed by atoms with Gasteiger partial charge in [-0.2, -0.15) is 0 Å². The predicted octanol–water partition coefficient (Wildman–Crippen LogP) is -1.86. The quantitative estimate of drug-likeness (QED) is 0.508. The van der Waals surface area contributed by atoms with Crippen LogP contribution in [-0.2, 0) is 14.4 Å². The highest BCUT2D eigenvalue weighted by molar-refractivity contribution is 5.93. The third-order valence-corrected chi connectivity index (χ3v) is 2.64. The van der Waals surface area contributed by atoms with Crippen LogP contribution in [0.2, 0.25) is 0 Å². The van der Waals surface area contributed by atoms with Crippen LogP contribution >= 0.6 is 0 Å². The summed E-state index contributed by atoms with van der Waals surface area (Å²) in [7, 11) is 0. The summed E-state index contributed by atoms with van der Waals surface area (Å²) >= 11 is 0. The average molecular weight is 253 g/mol. The SMILES string of the molecule is C#CCC(N)C(=O)N1CCNC(=O)C1CC(=O)O. The van der Waals surface area contributed by atoms with Crippen molar-refractivity contribution in [3.63, 3.8) is 0 Å². The Morgan fingerprint density at radius 1 is 1.67 bits per heavy atom. The number of terminal acetylenes is 1. The highest BCUT2D eigenvalue weighted by atomic mass is 16.4. The molecule has 0 saturated carbocycles. The minimum Gasteiger partial charge on any atom is -0.481 e. The first-order valence-electron chi connectivity index (χ1n) is 5.46. The molecule has 0 aromatic heterocycles. The Morgan fingerprint density at radius 3 is 2.89 bits per heavy atom. The van der Waals surface area contributed by atoms with Crippen molar-refractivity contribution >= 4 is 17.8 Å². The second kappa shape index (κ2) is 6.02. The zero-order valence-electron chi connectivity index (χ0n) is 9.76. The maximum atomic E-state index is 12.0. The number of nitrogens with zero attached hydrogens (tertiary/aromatic N) is 1. The van der Waals surface area contributed by atoms with Gasteiger partial charge in [0.05, 0.1) is 12.5 Å². The van der Waals surface area contributed by atoms with Gasteiger partial charge in [0, 0.05) is 19.5 Å². The molecular weight excluding hydrogens is 238 g/mol. The lowest BCUT2D eigenvalue weighted by molar-refractivity contribution is -0.149. The number of carboxylic acid groups (broad SMARTS) is 1. The zero-order valence-corrected chi connectivity index (χ0v) is 9.76. The first-order valence-corrected chi connectivity index (χ1v) is 5.46. The highest BCUT2D eigenvalue weighted by Gasteiger charge is 2.36. The Labute approximate surface area is 104 Å². The highest BCUT2D eigenvalue weighted by Crippen LogP contribution is 2.11. The standard InChI is InChI=1S/C11H15N3O4/c1-2-3-7(12)11(18)14-5-4-13-10(17)8(14)6-9(15)16/h1,7-8H,3-6,12H2,(H,13,17)(H,15,16). The van der Waals surface area contributed by atoms with E-state index in [1.807, 2.05) is 0 Å². The van der Waals surface area contributed by atoms with Gasteiger partial charge in [0.2, 0.25) is 11.8 Å². The van der Waals surface area contributed by atoms with Crippen molar-refractivity contribution in [2.75, 3.05) is 13.1 Å². The van der Waals surface area contributed by atoms with E-state index in [4.69, 9.17) is 17.3 Å². The predicted molar refractivity (Wildman–Crippen MR) is 62.2 cm³/mol. The van der Waals surface area contributed by atoms with Crippen LogP contribution < -0.4 is 11.1 Å². The second-order valence-corrected chi connectivity index (χ2v) is 3.95. The molecule has 0 spiro atoms. The Hall–Kier alpha value is -2.07. The topological polar surface area (TPSA) is 113 Å². The van der Waals surface area contributed by atoms with Gasteiger partial charge in [0.15, 0.2) is 0 Å². The van der Waals surface area contributed by atoms with Gasteiger partial charge in [0.25, 0.3) is 0 Å². The summed E-state index contributed by atoms with van der Waals surface area (Å²) < 4.78 is 0. The molecule has 1 aliphatic rings. The van der Waals surface area contributed by atoms with E-state index < -0.39 is 36.3 Å². The molecule has 0 aromatic rings. The van der Waals surface area contributed by atoms with Crippen LogP contribution in [0.25, 0.3) is 0 Å². The molecular formula is C11H15N3O4. The van der Waals surface area contributed by atoms with E-state index in [9.17, 15) is 14.4 Å². The van der Waals surface area contributed by atoms with Gasteiger partial charge in [-0.25, -0.2) is 0 Å². The van der Waals surface area contributed by atoms with Crippen LogP contribution in [0.4, 0.5) is 0 Å². The van der Waals surface area contributed by atoms with Crippen LogP contribution in [0.15, 0.2) is 0 Å². The number of hydrogen-bond acceptors (Lipinski definition) is 4. The number of nitrogens with one attached hydrogen (secondary N) is 1. The molecule has 0 aromatic carbocycles. The van der Waals surface area contributed by atoms with Gasteiger partial charge < -0.3 is 21.1 Å². The number of piperazine rings is 1. The van der Waals surface area contributed by atoms with Gasteiger partial charge in [-0.3, -0.25) is 14.4 Å². The number of rotatable bonds is 4. The summed E-state index contributed by atoms with van der Waals surface area (Å²) in [5, 5.41) is 11.3. The summed E-state index contributed by atoms with van der Waals surface area (Å²) in [5.41, 5.74) is 5.58. The van der Waals surface area contributed by atoms with E-state index in [1.165, 1.54) is 4.90 Å². The molecule has 0 radical (unpaired) electrons. The number of nitrogens with two attached hydrogens (primary N) is 1. The van der Waals surface area contributed by atoms with Gasteiger partial charge in [-0.15, -0.1) is 12.3 Å². The monoisotopic (exact) mass is 253 g/mol. The maximum Gasteiger partial charge on any atom is 0.305 e. The molecule has 1 saturated heterocycles. The molecule has 1 rings (SSSR count). The molecule has 1 fully saturated rings. The number of carboxylic acids is 1. The molecule has 4 N–H and O–H groups in total. The average Bonchev–Trinajstić information content (AvgIpc) is 2.30. The normalized spacial score (nSPS) is 20.8. The van der Waals surface area contributed by atoms with Gasteiger partial charge in [0.1, 0.15) is 6.04 Å². The minimum atomic E-state index is -1.15. The summed E-state index contributed by atoms with van der Waals surface area (Å²) in [6.07, 6.45) is 4.67. The first-order chi connectivity index (χ1) is 8.47. The van der Waals surface area contributed by atoms with Crippen LogP contribution in [0.5, 0.6) is 0 Å². The van der Waals surface area contributed by atoms with Crippen molar-refractivity contribution in [1.29, 1.82) is 0 Å². The molecule has 2 unspecified atom stereocenters. The third kappa shape index (κ3) is 3.21. The lowest BCUT2D eigenvalue weighted by atomic mass is 10.1. The third-order valence-electron chi connectivity index (χ3n) is 2.64. The van der Waals surface area contributed by atoms with Gasteiger partial charge in [-0.05, 0) is 0 Å². The van der Waals surface area contributed by atoms with E-state index in [2.05, 4.69) is 11.2 Å². The largest absolute Gasteiger partial charge is 0.481 e. The molecule has 2 atom stereocenters. The van der Waals surface area contributed by atoms with E-state index in [0.717, 1.165) is 0 Å². The number of aliphatic carboxylic acids is 1. The van der Waals surface area contributed by atoms with Crippen LogP contribution in [0, 0.1) is 12.3 Å². The van der Waals surface area contributed by atoms with Crippen molar-refractivity contribution in [3.05, 3.63) is 0 Å². The molecule has 0 aliphatic carbocycles. The fourth-order valence-electron chi connectivity index (χ4n) is 1.77. The van der Waals surface area contributed by atoms with Crippen molar-refractivity contribution in [2.24, 2.45) is 5.73 Å². The summed E-state index contributed by atoms with van der Waals surface area (Å²) in [5.74, 6) is 0.139. The van der Waals surface area contributed by atoms with Crippen molar-refractivity contribution in [3.8, 4) is 12.3 Å². The Bertz CT molecular complexity index is 402. The Kier molecular flexibility index (Phi) is 4.68. The lowest BCUT2D eigenvalue weighted by Crippen LogP contribution is -2.60. The van der Waals surface area contributed by atoms with Gasteiger partial charge >= 0.3 is 5.97 Å². The minimum absolute atomic E-state index is 0.0523. The van der Waals surface area contributed by atoms with Gasteiger partial charge in [-0.1, -0.05) is 0 Å². The molecule has 98 valence electrons. The summed E-state index contributed by atoms with van der Waals surface area (Å²) in [6, 6.07) is -1.93. The van der Waals surface area contributed by atoms with Crippen molar-refractivity contribution < 1.29 is 19.5 Å². The van der Waals surface area contributed by atoms with E-state index in [1.54, 1.807) is 0 Å². The van der Waals surface area contributed by atoms with Crippen LogP contribution in [0.3, 0.4) is 0 Å². The van der Waals surface area contributed by atoms with E-state index >= 15 is 0 Å². The second-order valence-electron chi connectivity index (χ2n) is 3.95. The molecule has 1 heterocycles. The van der Waals surface area contributed by atoms with E-state index in [0.29, 0.717) is 0 Å². The smallest absolute Gasteiger partial charge is 0.305 e. The van der Waals surface area contributed by atoms with Crippen molar-refractivity contribution in [1.82, 2.24) is 10.2 Å². The fourth-order valence-corrected chi connectivity index (χ4v) is 1.77. The summed E-state index contributed by atoms with van der Waals surface area (Å²) in [6.45, 7) is 0.518. The fraction of sp³-hybridized carbons (Fsp3) is 0.545. The Morgan fingerprint density at radius 2 is 2.33 bits per heavy atom. The first kappa shape index (κ1) is 14.0. The lowest BCUT2D eigenvalue weighted by Gasteiger charge is -2.35. The van der Waals surface area contributed by atoms with Crippen molar-refractivity contribution in [2.45, 2.75) is 24.9 Å². The zero-order chi connectivity index (χ0) is 13.7. The van der Waals surface area contributed by atoms with E-state index in [-0.39, 0.29) is 19.5 Å². The van der Waals surface area contributed by atoms with Crippen LogP contribution in [-0.4, -0.2) is 53.0 Å².